The molecule has 0 saturated carbocycles. The highest BCUT2D eigenvalue weighted by Gasteiger charge is 2.52. The van der Waals surface area contributed by atoms with Crippen LogP contribution in [0.2, 0.25) is 0 Å². The second kappa shape index (κ2) is 10.2. The van der Waals surface area contributed by atoms with E-state index in [2.05, 4.69) is 5.32 Å². The van der Waals surface area contributed by atoms with Crippen molar-refractivity contribution in [2.24, 2.45) is 11.8 Å². The van der Waals surface area contributed by atoms with Crippen molar-refractivity contribution in [2.75, 3.05) is 35.3 Å². The monoisotopic (exact) mass is 551 g/mol. The number of imide groups is 4. The molecule has 40 heavy (non-hydrogen) atoms. The second-order valence-electron chi connectivity index (χ2n) is 9.32. The fourth-order valence-corrected chi connectivity index (χ4v) is 4.73. The Bertz CT molecular complexity index is 1310. The summed E-state index contributed by atoms with van der Waals surface area (Å²) in [6, 6.07) is 4.36. The van der Waals surface area contributed by atoms with Gasteiger partial charge in [0.1, 0.15) is 5.75 Å². The highest BCUT2D eigenvalue weighted by Crippen LogP contribution is 2.39. The van der Waals surface area contributed by atoms with E-state index in [-0.39, 0.29) is 11.1 Å². The van der Waals surface area contributed by atoms with Crippen molar-refractivity contribution in [3.63, 3.8) is 0 Å². The van der Waals surface area contributed by atoms with Gasteiger partial charge in [0.2, 0.25) is 0 Å². The molecule has 1 aromatic carbocycles. The van der Waals surface area contributed by atoms with E-state index in [1.165, 1.54) is 31.6 Å². The van der Waals surface area contributed by atoms with E-state index >= 15 is 0 Å². The maximum Gasteiger partial charge on any atom is 0.332 e. The molecule has 1 aromatic rings. The summed E-state index contributed by atoms with van der Waals surface area (Å²) in [6.07, 6.45) is 2.41. The van der Waals surface area contributed by atoms with Crippen LogP contribution in [0.15, 0.2) is 47.8 Å². The molecule has 0 atom stereocenters. The third kappa shape index (κ3) is 4.22. The molecule has 2 saturated heterocycles. The molecular formula is C26H25N5O9. The van der Waals surface area contributed by atoms with Crippen molar-refractivity contribution in [1.29, 1.82) is 0 Å². The molecule has 3 aliphatic rings. The van der Waals surface area contributed by atoms with Gasteiger partial charge in [-0.25, -0.2) is 9.59 Å². The smallest absolute Gasteiger partial charge is 0.332 e. The zero-order chi connectivity index (χ0) is 29.6. The molecular weight excluding hydrogens is 526 g/mol. The standard InChI is InChI=1S/C26H25N5O9/c1-28-21(34)17(22(35)29(2)25(28)38)19(32)14-10-27-11-15(16(14)12-6-8-13(40-5)9-7-12)20(33)18-23(36)30(3)26(39)31(4)24(18)37/h6-11,16-18,27H,1-5H3. The van der Waals surface area contributed by atoms with Gasteiger partial charge >= 0.3 is 12.1 Å². The Hall–Kier alpha value is -5.14. The molecule has 1 N–H and O–H groups in total. The summed E-state index contributed by atoms with van der Waals surface area (Å²) in [5.74, 6) is -10.8. The molecule has 3 aliphatic heterocycles. The number of benzene rings is 1. The van der Waals surface area contributed by atoms with Crippen LogP contribution < -0.4 is 10.1 Å². The summed E-state index contributed by atoms with van der Waals surface area (Å²) in [5.41, 5.74) is -0.0665. The number of carbonyl (C=O) groups is 8. The number of amides is 8. The predicted molar refractivity (Wildman–Crippen MR) is 134 cm³/mol. The van der Waals surface area contributed by atoms with E-state index < -0.39 is 65.0 Å². The number of methoxy groups -OCH3 is 1. The maximum absolute atomic E-state index is 13.8. The van der Waals surface area contributed by atoms with Crippen molar-refractivity contribution in [3.05, 3.63) is 53.4 Å². The number of nitrogens with zero attached hydrogens (tertiary/aromatic N) is 4. The van der Waals surface area contributed by atoms with Crippen LogP contribution >= 0.6 is 0 Å². The van der Waals surface area contributed by atoms with E-state index in [4.69, 9.17) is 4.74 Å². The molecule has 0 radical (unpaired) electrons. The Morgan fingerprint density at radius 3 is 1.32 bits per heavy atom. The average Bonchev–Trinajstić information content (AvgIpc) is 2.96. The first-order chi connectivity index (χ1) is 18.8. The van der Waals surface area contributed by atoms with Crippen LogP contribution in [0, 0.1) is 11.8 Å². The fourth-order valence-electron chi connectivity index (χ4n) is 4.73. The minimum absolute atomic E-state index is 0.202. The number of ether oxygens (including phenoxy) is 1. The number of barbiturate groups is 2. The number of ketones is 2. The normalized spacial score (nSPS) is 19.6. The van der Waals surface area contributed by atoms with E-state index in [0.29, 0.717) is 30.9 Å². The van der Waals surface area contributed by atoms with Gasteiger partial charge in [0.05, 0.1) is 7.11 Å². The summed E-state index contributed by atoms with van der Waals surface area (Å²) in [6.45, 7) is 0. The highest BCUT2D eigenvalue weighted by atomic mass is 16.5. The second-order valence-corrected chi connectivity index (χ2v) is 9.32. The third-order valence-corrected chi connectivity index (χ3v) is 7.10. The summed E-state index contributed by atoms with van der Waals surface area (Å²) in [4.78, 5) is 106. The van der Waals surface area contributed by atoms with Crippen molar-refractivity contribution in [3.8, 4) is 5.75 Å². The molecule has 0 bridgehead atoms. The van der Waals surface area contributed by atoms with Gasteiger partial charge in [-0.15, -0.1) is 0 Å². The van der Waals surface area contributed by atoms with Crippen molar-refractivity contribution in [1.82, 2.24) is 24.9 Å². The topological polar surface area (TPSA) is 171 Å². The van der Waals surface area contributed by atoms with Crippen molar-refractivity contribution in [2.45, 2.75) is 5.92 Å². The lowest BCUT2D eigenvalue weighted by Crippen LogP contribution is -2.60. The Kier molecular flexibility index (Phi) is 7.11. The number of Topliss-reactive ketones (excluding diaryl/α,β-unsaturated/α-hetero) is 2. The first-order valence-electron chi connectivity index (χ1n) is 11.9. The van der Waals surface area contributed by atoms with Crippen LogP contribution in [0.3, 0.4) is 0 Å². The molecule has 0 aliphatic carbocycles. The molecule has 8 amide bonds. The van der Waals surface area contributed by atoms with Crippen LogP contribution in [0.1, 0.15) is 11.5 Å². The summed E-state index contributed by atoms with van der Waals surface area (Å²) >= 11 is 0. The molecule has 2 fully saturated rings. The van der Waals surface area contributed by atoms with Crippen molar-refractivity contribution >= 4 is 47.3 Å². The largest absolute Gasteiger partial charge is 0.497 e. The lowest BCUT2D eigenvalue weighted by molar-refractivity contribution is -0.153. The summed E-state index contributed by atoms with van der Waals surface area (Å²) in [5, 5.41) is 2.65. The van der Waals surface area contributed by atoms with E-state index in [1.54, 1.807) is 12.1 Å². The van der Waals surface area contributed by atoms with Crippen LogP contribution in [-0.4, -0.2) is 102 Å². The Morgan fingerprint density at radius 1 is 0.650 bits per heavy atom. The number of hydrogen-bond acceptors (Lipinski definition) is 10. The summed E-state index contributed by atoms with van der Waals surface area (Å²) in [7, 11) is 5.96. The molecule has 4 rings (SSSR count). The molecule has 14 heteroatoms. The average molecular weight is 552 g/mol. The van der Waals surface area contributed by atoms with Crippen LogP contribution in [0.4, 0.5) is 9.59 Å². The van der Waals surface area contributed by atoms with Gasteiger partial charge in [-0.3, -0.25) is 48.4 Å². The number of carbonyl (C=O) groups excluding carboxylic acids is 8. The molecule has 208 valence electrons. The zero-order valence-electron chi connectivity index (χ0n) is 22.2. The molecule has 14 nitrogen and oxygen atoms in total. The van der Waals surface area contributed by atoms with Crippen molar-refractivity contribution < 1.29 is 43.1 Å². The fraction of sp³-hybridized carbons (Fsp3) is 0.308. The van der Waals surface area contributed by atoms with Gasteiger partial charge in [0.25, 0.3) is 23.6 Å². The number of allylic oxidation sites excluding steroid dienone is 2. The number of dihydropyridines is 1. The molecule has 0 spiro atoms. The van der Waals surface area contributed by atoms with Gasteiger partial charge in [0.15, 0.2) is 23.4 Å². The zero-order valence-corrected chi connectivity index (χ0v) is 22.2. The minimum atomic E-state index is -1.91. The maximum atomic E-state index is 13.8. The minimum Gasteiger partial charge on any atom is -0.497 e. The Labute approximate surface area is 227 Å². The highest BCUT2D eigenvalue weighted by molar-refractivity contribution is 6.32. The quantitative estimate of drug-likeness (QED) is 0.460. The number of urea groups is 2. The lowest BCUT2D eigenvalue weighted by atomic mass is 9.75. The van der Waals surface area contributed by atoms with E-state index in [1.807, 2.05) is 0 Å². The molecule has 0 unspecified atom stereocenters. The number of rotatable bonds is 6. The first-order valence-corrected chi connectivity index (χ1v) is 11.9. The molecule has 3 heterocycles. The number of hydrogen-bond donors (Lipinski definition) is 1. The van der Waals surface area contributed by atoms with Gasteiger partial charge in [-0.2, -0.15) is 0 Å². The Balaban J connectivity index is 1.80. The number of nitrogens with one attached hydrogen (secondary N) is 1. The van der Waals surface area contributed by atoms with Crippen LogP contribution in [-0.2, 0) is 28.8 Å². The van der Waals surface area contributed by atoms with E-state index in [0.717, 1.165) is 28.2 Å². The third-order valence-electron chi connectivity index (χ3n) is 7.10. The van der Waals surface area contributed by atoms with Gasteiger partial charge in [-0.1, -0.05) is 12.1 Å². The van der Waals surface area contributed by atoms with E-state index in [9.17, 15) is 38.4 Å². The molecule has 0 aromatic heterocycles. The summed E-state index contributed by atoms with van der Waals surface area (Å²) < 4.78 is 5.18. The van der Waals surface area contributed by atoms with Gasteiger partial charge in [0, 0.05) is 57.7 Å². The van der Waals surface area contributed by atoms with Crippen LogP contribution in [0.25, 0.3) is 0 Å². The van der Waals surface area contributed by atoms with Gasteiger partial charge in [-0.05, 0) is 17.7 Å². The Morgan fingerprint density at radius 2 is 1.00 bits per heavy atom. The lowest BCUT2D eigenvalue weighted by Gasteiger charge is -2.35. The SMILES string of the molecule is COc1ccc(C2C(C(=O)C3C(=O)N(C)C(=O)N(C)C3=O)=CNC=C2C(=O)C2C(=O)N(C)C(=O)N(C)C2=O)cc1. The van der Waals surface area contributed by atoms with Crippen LogP contribution in [0.5, 0.6) is 5.75 Å². The van der Waals surface area contributed by atoms with Gasteiger partial charge < -0.3 is 10.1 Å². The first kappa shape index (κ1) is 27.9. The predicted octanol–water partition coefficient (Wildman–Crippen LogP) is -0.379.